The molecule has 1 N–H and O–H groups in total. The Morgan fingerprint density at radius 3 is 2.34 bits per heavy atom. The van der Waals surface area contributed by atoms with Crippen LogP contribution in [0.15, 0.2) is 78.5 Å². The van der Waals surface area contributed by atoms with E-state index in [2.05, 4.69) is 5.32 Å². The maximum atomic E-state index is 13.5. The zero-order valence-electron chi connectivity index (χ0n) is 18.2. The summed E-state index contributed by atoms with van der Waals surface area (Å²) in [7, 11) is 1.58. The van der Waals surface area contributed by atoms with Crippen molar-refractivity contribution in [1.29, 1.82) is 0 Å². The van der Waals surface area contributed by atoms with E-state index in [4.69, 9.17) is 9.47 Å². The van der Waals surface area contributed by atoms with E-state index in [1.54, 1.807) is 37.4 Å². The summed E-state index contributed by atoms with van der Waals surface area (Å²) < 4.78 is 10.9. The van der Waals surface area contributed by atoms with Gasteiger partial charge in [0.1, 0.15) is 17.2 Å². The van der Waals surface area contributed by atoms with E-state index in [1.807, 2.05) is 56.3 Å². The van der Waals surface area contributed by atoms with Crippen LogP contribution < -0.4 is 19.7 Å². The van der Waals surface area contributed by atoms with Gasteiger partial charge in [0.2, 0.25) is 0 Å². The highest BCUT2D eigenvalue weighted by Gasteiger charge is 2.40. The predicted octanol–water partition coefficient (Wildman–Crippen LogP) is 4.80. The number of hydrogen-bond donors (Lipinski definition) is 1. The third kappa shape index (κ3) is 3.95. The first-order valence-electron chi connectivity index (χ1n) is 10.4. The van der Waals surface area contributed by atoms with Crippen LogP contribution in [-0.4, -0.2) is 25.5 Å². The number of benzene rings is 3. The summed E-state index contributed by atoms with van der Waals surface area (Å²) in [5.41, 5.74) is 3.22. The van der Waals surface area contributed by atoms with E-state index < -0.39 is 5.91 Å². The number of carbonyl (C=O) groups is 2. The van der Waals surface area contributed by atoms with Gasteiger partial charge >= 0.3 is 0 Å². The van der Waals surface area contributed by atoms with Crippen molar-refractivity contribution in [1.82, 2.24) is 0 Å². The van der Waals surface area contributed by atoms with Crippen LogP contribution in [0, 0.1) is 6.92 Å². The van der Waals surface area contributed by atoms with E-state index in [-0.39, 0.29) is 11.6 Å². The predicted molar refractivity (Wildman–Crippen MR) is 125 cm³/mol. The lowest BCUT2D eigenvalue weighted by Crippen LogP contribution is -2.32. The van der Waals surface area contributed by atoms with E-state index in [0.717, 1.165) is 5.56 Å². The normalized spacial score (nSPS) is 13.5. The Bertz CT molecular complexity index is 1200. The Morgan fingerprint density at radius 1 is 0.906 bits per heavy atom. The zero-order chi connectivity index (χ0) is 22.7. The molecule has 6 nitrogen and oxygen atoms in total. The van der Waals surface area contributed by atoms with Crippen molar-refractivity contribution >= 4 is 28.8 Å². The fourth-order valence-electron chi connectivity index (χ4n) is 3.66. The van der Waals surface area contributed by atoms with Gasteiger partial charge < -0.3 is 14.8 Å². The number of anilines is 2. The topological polar surface area (TPSA) is 67.9 Å². The molecule has 0 spiro atoms. The quantitative estimate of drug-likeness (QED) is 0.548. The summed E-state index contributed by atoms with van der Waals surface area (Å²) in [6, 6.07) is 21.7. The van der Waals surface area contributed by atoms with Crippen LogP contribution in [0.5, 0.6) is 11.5 Å². The number of ether oxygens (including phenoxy) is 2. The van der Waals surface area contributed by atoms with Crippen molar-refractivity contribution in [3.63, 3.8) is 0 Å². The number of aryl methyl sites for hydroxylation is 1. The Hall–Kier alpha value is -4.06. The zero-order valence-corrected chi connectivity index (χ0v) is 18.2. The van der Waals surface area contributed by atoms with Crippen molar-refractivity contribution in [2.24, 2.45) is 0 Å². The van der Waals surface area contributed by atoms with Gasteiger partial charge in [-0.1, -0.05) is 36.4 Å². The van der Waals surface area contributed by atoms with Gasteiger partial charge in [0, 0.05) is 0 Å². The number of methoxy groups -OCH3 is 1. The molecule has 0 atom stereocenters. The molecular weight excluding hydrogens is 404 g/mol. The smallest absolute Gasteiger partial charge is 0.282 e. The van der Waals surface area contributed by atoms with Crippen molar-refractivity contribution < 1.29 is 19.1 Å². The fraction of sp³-hybridized carbons (Fsp3) is 0.154. The van der Waals surface area contributed by atoms with Crippen LogP contribution in [0.25, 0.3) is 5.57 Å². The molecule has 0 fully saturated rings. The van der Waals surface area contributed by atoms with E-state index >= 15 is 0 Å². The SMILES string of the molecule is CCOc1ccccc1NC1=C(c2ccc(OC)cc2)C(=O)N(c2cccc(C)c2)C1=O. The average Bonchev–Trinajstić information content (AvgIpc) is 3.04. The molecule has 0 aliphatic carbocycles. The Labute approximate surface area is 187 Å². The molecule has 0 saturated heterocycles. The lowest BCUT2D eigenvalue weighted by atomic mass is 10.0. The third-order valence-corrected chi connectivity index (χ3v) is 5.17. The lowest BCUT2D eigenvalue weighted by Gasteiger charge is -2.16. The van der Waals surface area contributed by atoms with Crippen LogP contribution in [0.2, 0.25) is 0 Å². The van der Waals surface area contributed by atoms with Crippen molar-refractivity contribution in [3.05, 3.63) is 89.6 Å². The number of rotatable bonds is 7. The first-order chi connectivity index (χ1) is 15.5. The molecule has 3 aromatic rings. The molecule has 32 heavy (non-hydrogen) atoms. The summed E-state index contributed by atoms with van der Waals surface area (Å²) in [5.74, 6) is 0.462. The standard InChI is InChI=1S/C26H24N2O4/c1-4-32-22-11-6-5-10-21(22)27-24-23(18-12-14-20(31-3)15-13-18)25(29)28(26(24)30)19-9-7-8-17(2)16-19/h5-16,27H,4H2,1-3H3. The second kappa shape index (κ2) is 8.98. The van der Waals surface area contributed by atoms with E-state index in [0.29, 0.717) is 40.6 Å². The van der Waals surface area contributed by atoms with Crippen molar-refractivity contribution in [3.8, 4) is 11.5 Å². The molecule has 162 valence electrons. The van der Waals surface area contributed by atoms with E-state index in [9.17, 15) is 9.59 Å². The van der Waals surface area contributed by atoms with E-state index in [1.165, 1.54) is 4.90 Å². The number of imide groups is 1. The van der Waals surface area contributed by atoms with Gasteiger partial charge in [-0.2, -0.15) is 0 Å². The average molecular weight is 428 g/mol. The molecule has 0 saturated carbocycles. The van der Waals surface area contributed by atoms with Crippen LogP contribution in [-0.2, 0) is 9.59 Å². The molecule has 1 heterocycles. The summed E-state index contributed by atoms with van der Waals surface area (Å²) in [6.45, 7) is 4.29. The van der Waals surface area contributed by atoms with Gasteiger partial charge in [0.05, 0.1) is 30.7 Å². The van der Waals surface area contributed by atoms with Gasteiger partial charge in [0.25, 0.3) is 11.8 Å². The monoisotopic (exact) mass is 428 g/mol. The summed E-state index contributed by atoms with van der Waals surface area (Å²) >= 11 is 0. The van der Waals surface area contributed by atoms with Crippen LogP contribution >= 0.6 is 0 Å². The molecule has 0 bridgehead atoms. The molecule has 1 aliphatic rings. The van der Waals surface area contributed by atoms with Crippen molar-refractivity contribution in [2.45, 2.75) is 13.8 Å². The van der Waals surface area contributed by atoms with Gasteiger partial charge in [-0.3, -0.25) is 9.59 Å². The maximum Gasteiger partial charge on any atom is 0.282 e. The summed E-state index contributed by atoms with van der Waals surface area (Å²) in [4.78, 5) is 28.3. The van der Waals surface area contributed by atoms with Crippen LogP contribution in [0.4, 0.5) is 11.4 Å². The number of carbonyl (C=O) groups excluding carboxylic acids is 2. The Morgan fingerprint density at radius 2 is 1.66 bits per heavy atom. The minimum Gasteiger partial charge on any atom is -0.497 e. The molecule has 0 unspecified atom stereocenters. The molecule has 0 radical (unpaired) electrons. The third-order valence-electron chi connectivity index (χ3n) is 5.17. The Balaban J connectivity index is 1.83. The van der Waals surface area contributed by atoms with Crippen LogP contribution in [0.3, 0.4) is 0 Å². The first kappa shape index (κ1) is 21.2. The first-order valence-corrected chi connectivity index (χ1v) is 10.4. The number of amides is 2. The number of nitrogens with zero attached hydrogens (tertiary/aromatic N) is 1. The number of para-hydroxylation sites is 2. The van der Waals surface area contributed by atoms with Gasteiger partial charge in [0.15, 0.2) is 0 Å². The second-order valence-corrected chi connectivity index (χ2v) is 7.32. The number of nitrogens with one attached hydrogen (secondary N) is 1. The summed E-state index contributed by atoms with van der Waals surface area (Å²) in [5, 5.41) is 3.18. The molecular formula is C26H24N2O4. The largest absolute Gasteiger partial charge is 0.497 e. The van der Waals surface area contributed by atoms with Gasteiger partial charge in [-0.15, -0.1) is 0 Å². The highest BCUT2D eigenvalue weighted by atomic mass is 16.5. The minimum atomic E-state index is -0.419. The van der Waals surface area contributed by atoms with Gasteiger partial charge in [-0.25, -0.2) is 4.90 Å². The second-order valence-electron chi connectivity index (χ2n) is 7.32. The molecule has 6 heteroatoms. The molecule has 0 aromatic heterocycles. The molecule has 4 rings (SSSR count). The minimum absolute atomic E-state index is 0.203. The Kier molecular flexibility index (Phi) is 5.94. The molecule has 3 aromatic carbocycles. The highest BCUT2D eigenvalue weighted by molar-refractivity contribution is 6.46. The highest BCUT2D eigenvalue weighted by Crippen LogP contribution is 2.36. The summed E-state index contributed by atoms with van der Waals surface area (Å²) in [6.07, 6.45) is 0. The fourth-order valence-corrected chi connectivity index (χ4v) is 3.66. The molecule has 2 amide bonds. The van der Waals surface area contributed by atoms with Crippen LogP contribution in [0.1, 0.15) is 18.1 Å². The van der Waals surface area contributed by atoms with Gasteiger partial charge in [-0.05, 0) is 61.4 Å². The maximum absolute atomic E-state index is 13.5. The lowest BCUT2D eigenvalue weighted by molar-refractivity contribution is -0.120. The van der Waals surface area contributed by atoms with Crippen molar-refractivity contribution in [2.75, 3.05) is 23.9 Å². The number of hydrogen-bond acceptors (Lipinski definition) is 5. The molecule has 1 aliphatic heterocycles.